The highest BCUT2D eigenvalue weighted by Crippen LogP contribution is 2.50. The van der Waals surface area contributed by atoms with Crippen molar-refractivity contribution in [3.8, 4) is 34.1 Å². The molecule has 0 fully saturated rings. The Hall–Kier alpha value is -3.42. The summed E-state index contributed by atoms with van der Waals surface area (Å²) in [5, 5.41) is 18.9. The van der Waals surface area contributed by atoms with Crippen LogP contribution in [0.2, 0.25) is 0 Å². The lowest BCUT2D eigenvalue weighted by Crippen LogP contribution is -2.07. The molecule has 2 N–H and O–H groups in total. The maximum Gasteiger partial charge on any atom is 0.339 e. The van der Waals surface area contributed by atoms with Crippen molar-refractivity contribution in [3.05, 3.63) is 35.4 Å². The molecule has 8 nitrogen and oxygen atoms in total. The molecule has 0 bridgehead atoms. The molecular weight excluding hydrogens is 344 g/mol. The normalized spacial score (nSPS) is 10.2. The molecule has 0 atom stereocenters. The van der Waals surface area contributed by atoms with Crippen LogP contribution in [-0.2, 0) is 0 Å². The first-order chi connectivity index (χ1) is 12.4. The molecule has 0 unspecified atom stereocenters. The van der Waals surface area contributed by atoms with Gasteiger partial charge in [-0.05, 0) is 24.3 Å². The minimum Gasteiger partial charge on any atom is -0.496 e. The topological polar surface area (TPSA) is 112 Å². The molecular formula is C18H18O8. The molecule has 0 aromatic heterocycles. The Morgan fingerprint density at radius 3 is 1.23 bits per heavy atom. The van der Waals surface area contributed by atoms with Crippen molar-refractivity contribution in [2.24, 2.45) is 0 Å². The predicted molar refractivity (Wildman–Crippen MR) is 92.0 cm³/mol. The van der Waals surface area contributed by atoms with Crippen molar-refractivity contribution < 1.29 is 38.7 Å². The molecule has 0 aliphatic heterocycles. The second-order valence-corrected chi connectivity index (χ2v) is 5.06. The highest BCUT2D eigenvalue weighted by atomic mass is 16.5. The standard InChI is InChI=1S/C18H18O8/c1-23-11-7-5-9(17(19)20)15(25-3)13(11)14-12(24-2)8-6-10(18(21)22)16(14)26-4/h5-8H,1-4H3,(H,19,20)(H,21,22). The van der Waals surface area contributed by atoms with Gasteiger partial charge in [0, 0.05) is 0 Å². The molecule has 0 saturated carbocycles. The van der Waals surface area contributed by atoms with Gasteiger partial charge in [0.1, 0.15) is 34.1 Å². The third-order valence-corrected chi connectivity index (χ3v) is 3.80. The fraction of sp³-hybridized carbons (Fsp3) is 0.222. The SMILES string of the molecule is COc1ccc(C(=O)O)c(OC)c1-c1c(OC)ccc(C(=O)O)c1OC. The second kappa shape index (κ2) is 7.64. The summed E-state index contributed by atoms with van der Waals surface area (Å²) in [5.74, 6) is -1.89. The molecule has 8 heteroatoms. The summed E-state index contributed by atoms with van der Waals surface area (Å²) in [4.78, 5) is 23.1. The zero-order chi connectivity index (χ0) is 19.4. The number of hydrogen-bond acceptors (Lipinski definition) is 6. The molecule has 2 aromatic rings. The largest absolute Gasteiger partial charge is 0.496 e. The number of carboxylic acid groups (broad SMARTS) is 2. The second-order valence-electron chi connectivity index (χ2n) is 5.06. The molecule has 0 aliphatic carbocycles. The third-order valence-electron chi connectivity index (χ3n) is 3.80. The minimum atomic E-state index is -1.21. The summed E-state index contributed by atoms with van der Waals surface area (Å²) in [6, 6.07) is 5.58. The van der Waals surface area contributed by atoms with E-state index in [0.29, 0.717) is 0 Å². The van der Waals surface area contributed by atoms with Crippen LogP contribution in [0.1, 0.15) is 20.7 Å². The number of aromatic carboxylic acids is 2. The Balaban J connectivity index is 3.03. The number of rotatable bonds is 7. The molecule has 2 aromatic carbocycles. The summed E-state index contributed by atoms with van der Waals surface area (Å²) in [5.41, 5.74) is 0.194. The van der Waals surface area contributed by atoms with Crippen LogP contribution in [-0.4, -0.2) is 50.6 Å². The summed E-state index contributed by atoms with van der Waals surface area (Å²) in [7, 11) is 5.42. The van der Waals surface area contributed by atoms with Gasteiger partial charge in [-0.3, -0.25) is 0 Å². The van der Waals surface area contributed by atoms with Crippen molar-refractivity contribution in [2.45, 2.75) is 0 Å². The Labute approximate surface area is 149 Å². The summed E-state index contributed by atoms with van der Waals surface area (Å²) >= 11 is 0. The Morgan fingerprint density at radius 2 is 1.00 bits per heavy atom. The Kier molecular flexibility index (Phi) is 5.56. The number of hydrogen-bond donors (Lipinski definition) is 2. The van der Waals surface area contributed by atoms with E-state index in [1.807, 2.05) is 0 Å². The van der Waals surface area contributed by atoms with Gasteiger partial charge in [-0.25, -0.2) is 9.59 Å². The molecule has 2 rings (SSSR count). The van der Waals surface area contributed by atoms with E-state index in [9.17, 15) is 19.8 Å². The van der Waals surface area contributed by atoms with Crippen molar-refractivity contribution in [2.75, 3.05) is 28.4 Å². The fourth-order valence-electron chi connectivity index (χ4n) is 2.70. The van der Waals surface area contributed by atoms with Crippen LogP contribution in [0.15, 0.2) is 24.3 Å². The fourth-order valence-corrected chi connectivity index (χ4v) is 2.70. The van der Waals surface area contributed by atoms with E-state index in [2.05, 4.69) is 0 Å². The average Bonchev–Trinajstić information content (AvgIpc) is 2.64. The third kappa shape index (κ3) is 3.08. The lowest BCUT2D eigenvalue weighted by atomic mass is 9.95. The van der Waals surface area contributed by atoms with Gasteiger partial charge in [0.15, 0.2) is 0 Å². The van der Waals surface area contributed by atoms with E-state index in [-0.39, 0.29) is 45.3 Å². The summed E-state index contributed by atoms with van der Waals surface area (Å²) < 4.78 is 21.3. The summed E-state index contributed by atoms with van der Waals surface area (Å²) in [6.45, 7) is 0. The van der Waals surface area contributed by atoms with Gasteiger partial charge < -0.3 is 29.2 Å². The van der Waals surface area contributed by atoms with Crippen molar-refractivity contribution >= 4 is 11.9 Å². The van der Waals surface area contributed by atoms with Gasteiger partial charge in [0.2, 0.25) is 0 Å². The van der Waals surface area contributed by atoms with E-state index in [0.717, 1.165) is 0 Å². The van der Waals surface area contributed by atoms with Crippen LogP contribution in [0.25, 0.3) is 11.1 Å². The number of benzene rings is 2. The van der Waals surface area contributed by atoms with Crippen molar-refractivity contribution in [3.63, 3.8) is 0 Å². The van der Waals surface area contributed by atoms with Gasteiger partial charge in [0.05, 0.1) is 39.6 Å². The Morgan fingerprint density at radius 1 is 0.654 bits per heavy atom. The van der Waals surface area contributed by atoms with Crippen molar-refractivity contribution in [1.29, 1.82) is 0 Å². The smallest absolute Gasteiger partial charge is 0.339 e. The van der Waals surface area contributed by atoms with Gasteiger partial charge >= 0.3 is 11.9 Å². The van der Waals surface area contributed by atoms with Crippen molar-refractivity contribution in [1.82, 2.24) is 0 Å². The maximum atomic E-state index is 11.6. The number of carbonyl (C=O) groups is 2. The van der Waals surface area contributed by atoms with Crippen LogP contribution in [0.4, 0.5) is 0 Å². The van der Waals surface area contributed by atoms with Gasteiger partial charge in [-0.2, -0.15) is 0 Å². The van der Waals surface area contributed by atoms with Crippen LogP contribution >= 0.6 is 0 Å². The van der Waals surface area contributed by atoms with Crippen LogP contribution in [0, 0.1) is 0 Å². The average molecular weight is 362 g/mol. The van der Waals surface area contributed by atoms with E-state index < -0.39 is 11.9 Å². The number of ether oxygens (including phenoxy) is 4. The molecule has 0 heterocycles. The molecule has 138 valence electrons. The van der Waals surface area contributed by atoms with Gasteiger partial charge in [-0.1, -0.05) is 0 Å². The molecule has 26 heavy (non-hydrogen) atoms. The molecule has 0 saturated heterocycles. The lowest BCUT2D eigenvalue weighted by molar-refractivity contribution is 0.0681. The molecule has 0 spiro atoms. The first-order valence-electron chi connectivity index (χ1n) is 7.38. The lowest BCUT2D eigenvalue weighted by Gasteiger charge is -2.20. The van der Waals surface area contributed by atoms with E-state index in [1.165, 1.54) is 52.7 Å². The monoisotopic (exact) mass is 362 g/mol. The zero-order valence-electron chi connectivity index (χ0n) is 14.7. The van der Waals surface area contributed by atoms with Gasteiger partial charge in [0.25, 0.3) is 0 Å². The minimum absolute atomic E-state index is 0.00371. The quantitative estimate of drug-likeness (QED) is 0.773. The summed E-state index contributed by atoms with van der Waals surface area (Å²) in [6.07, 6.45) is 0. The van der Waals surface area contributed by atoms with Gasteiger partial charge in [-0.15, -0.1) is 0 Å². The predicted octanol–water partition coefficient (Wildman–Crippen LogP) is 2.78. The molecule has 0 radical (unpaired) electrons. The first kappa shape index (κ1) is 18.9. The molecule has 0 amide bonds. The van der Waals surface area contributed by atoms with E-state index in [1.54, 1.807) is 0 Å². The van der Waals surface area contributed by atoms with E-state index in [4.69, 9.17) is 18.9 Å². The first-order valence-corrected chi connectivity index (χ1v) is 7.38. The van der Waals surface area contributed by atoms with E-state index >= 15 is 0 Å². The van der Waals surface area contributed by atoms with Crippen LogP contribution in [0.3, 0.4) is 0 Å². The molecule has 0 aliphatic rings. The number of carboxylic acids is 2. The van der Waals surface area contributed by atoms with Crippen LogP contribution < -0.4 is 18.9 Å². The highest BCUT2D eigenvalue weighted by Gasteiger charge is 2.28. The zero-order valence-corrected chi connectivity index (χ0v) is 14.7. The Bertz CT molecular complexity index is 785. The highest BCUT2D eigenvalue weighted by molar-refractivity contribution is 6.01. The maximum absolute atomic E-state index is 11.6. The van der Waals surface area contributed by atoms with Crippen LogP contribution in [0.5, 0.6) is 23.0 Å². The number of methoxy groups -OCH3 is 4.